The van der Waals surface area contributed by atoms with Gasteiger partial charge in [-0.2, -0.15) is 0 Å². The van der Waals surface area contributed by atoms with Gasteiger partial charge in [0.1, 0.15) is 12.0 Å². The van der Waals surface area contributed by atoms with Gasteiger partial charge in [0, 0.05) is 6.42 Å². The highest BCUT2D eigenvalue weighted by Gasteiger charge is 2.01. The Labute approximate surface area is 92.4 Å². The normalized spacial score (nSPS) is 9.86. The second kappa shape index (κ2) is 5.81. The predicted octanol–water partition coefficient (Wildman–Crippen LogP) is 2.98. The first-order chi connectivity index (χ1) is 6.77. The molecule has 0 fully saturated rings. The number of ether oxygens (including phenoxy) is 1. The third kappa shape index (κ3) is 3.14. The lowest BCUT2D eigenvalue weighted by molar-refractivity contribution is -0.108. The molecule has 2 nitrogen and oxygen atoms in total. The van der Waals surface area contributed by atoms with E-state index in [1.54, 1.807) is 0 Å². The number of carbonyl (C=O) groups is 1. The maximum Gasteiger partial charge on any atom is 0.133 e. The summed E-state index contributed by atoms with van der Waals surface area (Å²) >= 11 is 3.43. The van der Waals surface area contributed by atoms with E-state index >= 15 is 0 Å². The number of hydrogen-bond acceptors (Lipinski definition) is 2. The fourth-order valence-electron chi connectivity index (χ4n) is 1.10. The van der Waals surface area contributed by atoms with Crippen molar-refractivity contribution >= 4 is 22.2 Å². The standard InChI is InChI=1S/C11H13BrO2/c1-2-9-4-5-11(10(12)8-9)14-7-3-6-13/h4-6,8H,2-3,7H2,1H3. The van der Waals surface area contributed by atoms with Crippen LogP contribution in [0.4, 0.5) is 0 Å². The van der Waals surface area contributed by atoms with Crippen molar-refractivity contribution in [1.29, 1.82) is 0 Å². The van der Waals surface area contributed by atoms with E-state index in [2.05, 4.69) is 22.9 Å². The number of benzene rings is 1. The minimum atomic E-state index is 0.433. The fraction of sp³-hybridized carbons (Fsp3) is 0.364. The van der Waals surface area contributed by atoms with Gasteiger partial charge in [0.2, 0.25) is 0 Å². The molecule has 14 heavy (non-hydrogen) atoms. The van der Waals surface area contributed by atoms with E-state index in [9.17, 15) is 4.79 Å². The quantitative estimate of drug-likeness (QED) is 0.598. The molecule has 1 aromatic rings. The highest BCUT2D eigenvalue weighted by molar-refractivity contribution is 9.10. The van der Waals surface area contributed by atoms with E-state index in [0.717, 1.165) is 22.9 Å². The maximum atomic E-state index is 10.1. The van der Waals surface area contributed by atoms with Gasteiger partial charge in [0.05, 0.1) is 11.1 Å². The van der Waals surface area contributed by atoms with E-state index < -0.39 is 0 Å². The molecule has 1 rings (SSSR count). The van der Waals surface area contributed by atoms with Crippen molar-refractivity contribution in [3.8, 4) is 5.75 Å². The second-order valence-electron chi connectivity index (χ2n) is 2.92. The molecule has 0 atom stereocenters. The first kappa shape index (κ1) is 11.2. The topological polar surface area (TPSA) is 26.3 Å². The van der Waals surface area contributed by atoms with Crippen LogP contribution in [0, 0.1) is 0 Å². The van der Waals surface area contributed by atoms with Gasteiger partial charge >= 0.3 is 0 Å². The van der Waals surface area contributed by atoms with Crippen LogP contribution < -0.4 is 4.74 Å². The third-order valence-electron chi connectivity index (χ3n) is 1.90. The van der Waals surface area contributed by atoms with E-state index in [-0.39, 0.29) is 0 Å². The van der Waals surface area contributed by atoms with E-state index in [1.165, 1.54) is 5.56 Å². The summed E-state index contributed by atoms with van der Waals surface area (Å²) in [4.78, 5) is 10.1. The molecule has 0 saturated carbocycles. The fourth-order valence-corrected chi connectivity index (χ4v) is 1.64. The molecule has 0 N–H and O–H groups in total. The van der Waals surface area contributed by atoms with Crippen LogP contribution in [0.25, 0.3) is 0 Å². The summed E-state index contributed by atoms with van der Waals surface area (Å²) in [5, 5.41) is 0. The number of rotatable bonds is 5. The number of hydrogen-bond donors (Lipinski definition) is 0. The zero-order chi connectivity index (χ0) is 10.4. The molecule has 0 aliphatic rings. The molecule has 3 heteroatoms. The number of aryl methyl sites for hydroxylation is 1. The molecular formula is C11H13BrO2. The lowest BCUT2D eigenvalue weighted by Gasteiger charge is -2.07. The van der Waals surface area contributed by atoms with Crippen LogP contribution in [0.1, 0.15) is 18.9 Å². The highest BCUT2D eigenvalue weighted by Crippen LogP contribution is 2.26. The summed E-state index contributed by atoms with van der Waals surface area (Å²) in [7, 11) is 0. The Morgan fingerprint density at radius 2 is 2.29 bits per heavy atom. The van der Waals surface area contributed by atoms with Gasteiger partial charge in [0.15, 0.2) is 0 Å². The summed E-state index contributed by atoms with van der Waals surface area (Å²) < 4.78 is 6.35. The first-order valence-electron chi connectivity index (χ1n) is 4.62. The van der Waals surface area contributed by atoms with Crippen molar-refractivity contribution < 1.29 is 9.53 Å². The summed E-state index contributed by atoms with van der Waals surface area (Å²) in [6, 6.07) is 5.99. The number of carbonyl (C=O) groups excluding carboxylic acids is 1. The predicted molar refractivity (Wildman–Crippen MR) is 59.7 cm³/mol. The molecule has 0 aliphatic heterocycles. The zero-order valence-electron chi connectivity index (χ0n) is 8.13. The largest absolute Gasteiger partial charge is 0.492 e. The molecule has 76 valence electrons. The summed E-state index contributed by atoms with van der Waals surface area (Å²) in [5.74, 6) is 0.795. The summed E-state index contributed by atoms with van der Waals surface area (Å²) in [6.07, 6.45) is 2.30. The van der Waals surface area contributed by atoms with Gasteiger partial charge in [-0.3, -0.25) is 0 Å². The zero-order valence-corrected chi connectivity index (χ0v) is 9.71. The van der Waals surface area contributed by atoms with Gasteiger partial charge in [-0.1, -0.05) is 13.0 Å². The van der Waals surface area contributed by atoms with Crippen molar-refractivity contribution in [2.24, 2.45) is 0 Å². The summed E-state index contributed by atoms with van der Waals surface area (Å²) in [6.45, 7) is 2.54. The van der Waals surface area contributed by atoms with Crippen molar-refractivity contribution in [2.75, 3.05) is 6.61 Å². The average molecular weight is 257 g/mol. The lowest BCUT2D eigenvalue weighted by atomic mass is 10.2. The van der Waals surface area contributed by atoms with Crippen LogP contribution in [0.5, 0.6) is 5.75 Å². The molecule has 0 heterocycles. The van der Waals surface area contributed by atoms with Crippen LogP contribution in [0.15, 0.2) is 22.7 Å². The Balaban J connectivity index is 2.63. The van der Waals surface area contributed by atoms with Gasteiger partial charge in [-0.15, -0.1) is 0 Å². The minimum absolute atomic E-state index is 0.433. The minimum Gasteiger partial charge on any atom is -0.492 e. The molecule has 0 saturated heterocycles. The van der Waals surface area contributed by atoms with Gasteiger partial charge in [-0.25, -0.2) is 0 Å². The molecule has 0 radical (unpaired) electrons. The van der Waals surface area contributed by atoms with E-state index in [4.69, 9.17) is 4.74 Å². The maximum absolute atomic E-state index is 10.1. The van der Waals surface area contributed by atoms with Crippen LogP contribution >= 0.6 is 15.9 Å². The van der Waals surface area contributed by atoms with Crippen LogP contribution in [0.3, 0.4) is 0 Å². The van der Waals surface area contributed by atoms with E-state index in [1.807, 2.05) is 18.2 Å². The Hall–Kier alpha value is -0.830. The smallest absolute Gasteiger partial charge is 0.133 e. The molecule has 0 bridgehead atoms. The van der Waals surface area contributed by atoms with Crippen molar-refractivity contribution in [3.05, 3.63) is 28.2 Å². The Bertz CT molecular complexity index is 310. The van der Waals surface area contributed by atoms with Gasteiger partial charge in [-0.05, 0) is 40.0 Å². The Morgan fingerprint density at radius 1 is 1.50 bits per heavy atom. The van der Waals surface area contributed by atoms with E-state index in [0.29, 0.717) is 13.0 Å². The molecule has 0 spiro atoms. The monoisotopic (exact) mass is 256 g/mol. The Kier molecular flexibility index (Phi) is 4.66. The number of halogens is 1. The van der Waals surface area contributed by atoms with Gasteiger partial charge in [0.25, 0.3) is 0 Å². The molecule has 0 aliphatic carbocycles. The van der Waals surface area contributed by atoms with Crippen molar-refractivity contribution in [2.45, 2.75) is 19.8 Å². The Morgan fingerprint density at radius 3 is 2.86 bits per heavy atom. The second-order valence-corrected chi connectivity index (χ2v) is 3.78. The average Bonchev–Trinajstić information content (AvgIpc) is 2.20. The molecular weight excluding hydrogens is 244 g/mol. The number of aldehydes is 1. The first-order valence-corrected chi connectivity index (χ1v) is 5.42. The van der Waals surface area contributed by atoms with Crippen LogP contribution in [-0.4, -0.2) is 12.9 Å². The van der Waals surface area contributed by atoms with Gasteiger partial charge < -0.3 is 9.53 Å². The summed E-state index contributed by atoms with van der Waals surface area (Å²) in [5.41, 5.74) is 1.26. The van der Waals surface area contributed by atoms with Crippen molar-refractivity contribution in [3.63, 3.8) is 0 Å². The third-order valence-corrected chi connectivity index (χ3v) is 2.52. The lowest BCUT2D eigenvalue weighted by Crippen LogP contribution is -1.98. The molecule has 0 aromatic heterocycles. The SMILES string of the molecule is CCc1ccc(OCCC=O)c(Br)c1. The molecule has 0 unspecified atom stereocenters. The molecule has 0 amide bonds. The van der Waals surface area contributed by atoms with Crippen LogP contribution in [0.2, 0.25) is 0 Å². The molecule has 1 aromatic carbocycles. The highest BCUT2D eigenvalue weighted by atomic mass is 79.9. The van der Waals surface area contributed by atoms with Crippen LogP contribution in [-0.2, 0) is 11.2 Å². The van der Waals surface area contributed by atoms with Crippen molar-refractivity contribution in [1.82, 2.24) is 0 Å².